The molecule has 0 N–H and O–H groups in total. The molecule has 1 aromatic heterocycles. The van der Waals surface area contributed by atoms with E-state index in [1.165, 1.54) is 19.2 Å². The van der Waals surface area contributed by atoms with Crippen LogP contribution in [0.25, 0.3) is 22.6 Å². The van der Waals surface area contributed by atoms with E-state index in [2.05, 4.69) is 0 Å². The average molecular weight is 432 g/mol. The standard InChI is InChI=1S/C26H21FO5/c1-29-24-14-19(10-13-22(24)31-16-17-6-4-3-5-7-17)23-15-21(26(28)30-2)25(32-23)18-8-11-20(27)12-9-18/h3-15H,16H2,1-2H3. The highest BCUT2D eigenvalue weighted by atomic mass is 19.1. The normalized spacial score (nSPS) is 10.6. The molecule has 0 fully saturated rings. The lowest BCUT2D eigenvalue weighted by molar-refractivity contribution is 0.0601. The van der Waals surface area contributed by atoms with Crippen molar-refractivity contribution < 1.29 is 27.8 Å². The topological polar surface area (TPSA) is 57.9 Å². The lowest BCUT2D eigenvalue weighted by atomic mass is 10.1. The Balaban J connectivity index is 1.66. The summed E-state index contributed by atoms with van der Waals surface area (Å²) in [6.07, 6.45) is 0. The van der Waals surface area contributed by atoms with Gasteiger partial charge in [0.2, 0.25) is 0 Å². The van der Waals surface area contributed by atoms with Crippen molar-refractivity contribution in [2.75, 3.05) is 14.2 Å². The molecule has 0 saturated heterocycles. The molecule has 0 aliphatic heterocycles. The highest BCUT2D eigenvalue weighted by Gasteiger charge is 2.21. The zero-order valence-electron chi connectivity index (χ0n) is 17.6. The summed E-state index contributed by atoms with van der Waals surface area (Å²) in [4.78, 5) is 12.3. The second kappa shape index (κ2) is 9.39. The summed E-state index contributed by atoms with van der Waals surface area (Å²) in [6, 6.07) is 22.5. The first-order valence-corrected chi connectivity index (χ1v) is 9.92. The van der Waals surface area contributed by atoms with Crippen LogP contribution < -0.4 is 9.47 Å². The maximum Gasteiger partial charge on any atom is 0.341 e. The number of esters is 1. The number of hydrogen-bond acceptors (Lipinski definition) is 5. The molecule has 0 radical (unpaired) electrons. The minimum Gasteiger partial charge on any atom is -0.493 e. The van der Waals surface area contributed by atoms with Gasteiger partial charge >= 0.3 is 5.97 Å². The molecule has 0 spiro atoms. The van der Waals surface area contributed by atoms with Gasteiger partial charge in [-0.1, -0.05) is 30.3 Å². The molecule has 0 bridgehead atoms. The van der Waals surface area contributed by atoms with E-state index >= 15 is 0 Å². The molecule has 0 atom stereocenters. The van der Waals surface area contributed by atoms with Crippen LogP contribution in [0, 0.1) is 5.82 Å². The van der Waals surface area contributed by atoms with Crippen LogP contribution in [0.5, 0.6) is 11.5 Å². The number of carbonyl (C=O) groups is 1. The van der Waals surface area contributed by atoms with Gasteiger partial charge in [0.25, 0.3) is 0 Å². The maximum absolute atomic E-state index is 13.3. The van der Waals surface area contributed by atoms with Gasteiger partial charge in [-0.15, -0.1) is 0 Å². The van der Waals surface area contributed by atoms with Crippen molar-refractivity contribution in [3.05, 3.63) is 95.8 Å². The number of furan rings is 1. The zero-order valence-corrected chi connectivity index (χ0v) is 17.6. The van der Waals surface area contributed by atoms with E-state index in [0.717, 1.165) is 5.56 Å². The Morgan fingerprint density at radius 2 is 1.59 bits per heavy atom. The quantitative estimate of drug-likeness (QED) is 0.329. The van der Waals surface area contributed by atoms with Crippen LogP contribution in [0.3, 0.4) is 0 Å². The first kappa shape index (κ1) is 21.2. The second-order valence-corrected chi connectivity index (χ2v) is 6.99. The van der Waals surface area contributed by atoms with Crippen LogP contribution in [0.1, 0.15) is 15.9 Å². The van der Waals surface area contributed by atoms with Crippen LogP contribution in [-0.4, -0.2) is 20.2 Å². The van der Waals surface area contributed by atoms with E-state index in [4.69, 9.17) is 18.6 Å². The Morgan fingerprint density at radius 1 is 0.875 bits per heavy atom. The molecule has 4 rings (SSSR count). The van der Waals surface area contributed by atoms with E-state index in [9.17, 15) is 9.18 Å². The molecule has 6 heteroatoms. The number of carbonyl (C=O) groups excluding carboxylic acids is 1. The maximum atomic E-state index is 13.3. The van der Waals surface area contributed by atoms with Gasteiger partial charge in [0.1, 0.15) is 29.5 Å². The van der Waals surface area contributed by atoms with Crippen LogP contribution in [0.15, 0.2) is 83.3 Å². The second-order valence-electron chi connectivity index (χ2n) is 6.99. The third-order valence-corrected chi connectivity index (χ3v) is 4.93. The molecule has 1 heterocycles. The molecular formula is C26H21FO5. The van der Waals surface area contributed by atoms with Crippen molar-refractivity contribution in [1.29, 1.82) is 0 Å². The van der Waals surface area contributed by atoms with Crippen molar-refractivity contribution in [2.24, 2.45) is 0 Å². The molecule has 0 aliphatic rings. The molecule has 0 unspecified atom stereocenters. The van der Waals surface area contributed by atoms with Crippen molar-refractivity contribution in [2.45, 2.75) is 6.61 Å². The Morgan fingerprint density at radius 3 is 2.28 bits per heavy atom. The average Bonchev–Trinajstić information content (AvgIpc) is 3.28. The minimum atomic E-state index is -0.547. The Bertz CT molecular complexity index is 1210. The van der Waals surface area contributed by atoms with Crippen molar-refractivity contribution in [3.8, 4) is 34.1 Å². The predicted molar refractivity (Wildman–Crippen MR) is 118 cm³/mol. The zero-order chi connectivity index (χ0) is 22.5. The first-order valence-electron chi connectivity index (χ1n) is 9.92. The summed E-state index contributed by atoms with van der Waals surface area (Å²) < 4.78 is 35.6. The number of rotatable bonds is 7. The van der Waals surface area contributed by atoms with Crippen molar-refractivity contribution in [3.63, 3.8) is 0 Å². The lowest BCUT2D eigenvalue weighted by Gasteiger charge is -2.11. The van der Waals surface area contributed by atoms with Gasteiger partial charge < -0.3 is 18.6 Å². The Kier molecular flexibility index (Phi) is 6.22. The number of benzene rings is 3. The van der Waals surface area contributed by atoms with Gasteiger partial charge in [0.15, 0.2) is 11.5 Å². The van der Waals surface area contributed by atoms with Gasteiger partial charge in [0.05, 0.1) is 14.2 Å². The van der Waals surface area contributed by atoms with Crippen molar-refractivity contribution in [1.82, 2.24) is 0 Å². The van der Waals surface area contributed by atoms with Crippen molar-refractivity contribution >= 4 is 5.97 Å². The van der Waals surface area contributed by atoms with Gasteiger partial charge in [-0.05, 0) is 54.1 Å². The fraction of sp³-hybridized carbons (Fsp3) is 0.115. The minimum absolute atomic E-state index is 0.248. The van der Waals surface area contributed by atoms with Gasteiger partial charge in [-0.25, -0.2) is 9.18 Å². The Hall–Kier alpha value is -4.06. The number of ether oxygens (including phenoxy) is 3. The summed E-state index contributed by atoms with van der Waals surface area (Å²) in [5.74, 6) is 0.925. The van der Waals surface area contributed by atoms with E-state index in [-0.39, 0.29) is 11.4 Å². The van der Waals surface area contributed by atoms with E-state index in [0.29, 0.717) is 40.8 Å². The van der Waals surface area contributed by atoms with Gasteiger partial charge in [-0.2, -0.15) is 0 Å². The molecule has 3 aromatic carbocycles. The number of methoxy groups -OCH3 is 2. The third kappa shape index (κ3) is 4.49. The largest absolute Gasteiger partial charge is 0.493 e. The predicted octanol–water partition coefficient (Wildman–Crippen LogP) is 6.13. The molecule has 0 saturated carbocycles. The molecule has 0 aliphatic carbocycles. The van der Waals surface area contributed by atoms with Gasteiger partial charge in [-0.3, -0.25) is 0 Å². The number of hydrogen-bond donors (Lipinski definition) is 0. The van der Waals surface area contributed by atoms with Crippen LogP contribution >= 0.6 is 0 Å². The van der Waals surface area contributed by atoms with Crippen LogP contribution in [0.2, 0.25) is 0 Å². The summed E-state index contributed by atoms with van der Waals surface area (Å²) >= 11 is 0. The van der Waals surface area contributed by atoms with E-state index in [1.54, 1.807) is 37.4 Å². The van der Waals surface area contributed by atoms with Gasteiger partial charge in [0, 0.05) is 11.1 Å². The fourth-order valence-electron chi connectivity index (χ4n) is 3.29. The molecule has 4 aromatic rings. The smallest absolute Gasteiger partial charge is 0.341 e. The number of halogens is 1. The Labute approximate surface area is 185 Å². The monoisotopic (exact) mass is 432 g/mol. The van der Waals surface area contributed by atoms with E-state index < -0.39 is 5.97 Å². The third-order valence-electron chi connectivity index (χ3n) is 4.93. The molecular weight excluding hydrogens is 411 g/mol. The lowest BCUT2D eigenvalue weighted by Crippen LogP contribution is -2.00. The summed E-state index contributed by atoms with van der Waals surface area (Å²) in [6.45, 7) is 0.401. The summed E-state index contributed by atoms with van der Waals surface area (Å²) in [7, 11) is 2.85. The molecule has 32 heavy (non-hydrogen) atoms. The first-order chi connectivity index (χ1) is 15.6. The van der Waals surface area contributed by atoms with Crippen LogP contribution in [-0.2, 0) is 11.3 Å². The highest BCUT2D eigenvalue weighted by Crippen LogP contribution is 2.37. The van der Waals surface area contributed by atoms with E-state index in [1.807, 2.05) is 36.4 Å². The highest BCUT2D eigenvalue weighted by molar-refractivity contribution is 5.97. The van der Waals surface area contributed by atoms with Crippen LogP contribution in [0.4, 0.5) is 4.39 Å². The molecule has 0 amide bonds. The molecule has 5 nitrogen and oxygen atoms in total. The summed E-state index contributed by atoms with van der Waals surface area (Å²) in [5.41, 5.74) is 2.54. The molecule has 162 valence electrons. The SMILES string of the molecule is COC(=O)c1cc(-c2ccc(OCc3ccccc3)c(OC)c2)oc1-c1ccc(F)cc1. The summed E-state index contributed by atoms with van der Waals surface area (Å²) in [5, 5.41) is 0. The fourth-order valence-corrected chi connectivity index (χ4v) is 3.29.